The van der Waals surface area contributed by atoms with Gasteiger partial charge in [0.25, 0.3) is 0 Å². The molecule has 1 heterocycles. The smallest absolute Gasteiger partial charge is 0.228 e. The van der Waals surface area contributed by atoms with Crippen LogP contribution in [0.25, 0.3) is 0 Å². The highest BCUT2D eigenvalue weighted by molar-refractivity contribution is 7.73. The average molecular weight is 408 g/mol. The fraction of sp³-hybridized carbons (Fsp3) is 0.526. The van der Waals surface area contributed by atoms with E-state index < -0.39 is 0 Å². The molecular formula is C19H27N4O2S2+. The summed E-state index contributed by atoms with van der Waals surface area (Å²) in [4.78, 5) is 15.4. The van der Waals surface area contributed by atoms with Gasteiger partial charge in [-0.3, -0.25) is 9.69 Å². The summed E-state index contributed by atoms with van der Waals surface area (Å²) in [6.07, 6.45) is 2.60. The second kappa shape index (κ2) is 8.95. The highest BCUT2D eigenvalue weighted by Crippen LogP contribution is 2.33. The van der Waals surface area contributed by atoms with Crippen LogP contribution in [0.1, 0.15) is 38.7 Å². The third-order valence-electron chi connectivity index (χ3n) is 4.44. The van der Waals surface area contributed by atoms with Crippen molar-refractivity contribution >= 4 is 34.6 Å². The van der Waals surface area contributed by atoms with Crippen molar-refractivity contribution in [2.45, 2.75) is 52.4 Å². The van der Waals surface area contributed by atoms with Crippen LogP contribution in [0, 0.1) is 3.95 Å². The molecule has 1 amide bonds. The number of hydrogen-bond acceptors (Lipinski definition) is 5. The van der Waals surface area contributed by atoms with E-state index in [1.54, 1.807) is 0 Å². The molecule has 27 heavy (non-hydrogen) atoms. The van der Waals surface area contributed by atoms with E-state index in [0.717, 1.165) is 30.3 Å². The molecule has 2 aromatic rings. The first kappa shape index (κ1) is 20.0. The van der Waals surface area contributed by atoms with E-state index in [1.165, 1.54) is 21.8 Å². The fourth-order valence-corrected chi connectivity index (χ4v) is 4.18. The molecule has 146 valence electrons. The molecule has 6 nitrogen and oxygen atoms in total. The summed E-state index contributed by atoms with van der Waals surface area (Å²) >= 11 is 6.93. The number of benzene rings is 1. The van der Waals surface area contributed by atoms with Crippen LogP contribution in [0.3, 0.4) is 0 Å². The highest BCUT2D eigenvalue weighted by atomic mass is 32.1. The number of ether oxygens (including phenoxy) is 1. The van der Waals surface area contributed by atoms with Crippen molar-refractivity contribution < 1.29 is 14.4 Å². The Labute approximate surface area is 169 Å². The molecule has 1 atom stereocenters. The Kier molecular flexibility index (Phi) is 6.62. The minimum atomic E-state index is 0.128. The molecule has 0 aliphatic heterocycles. The van der Waals surface area contributed by atoms with Crippen LogP contribution in [0.4, 0.5) is 5.13 Å². The van der Waals surface area contributed by atoms with Crippen LogP contribution in [-0.2, 0) is 18.0 Å². The number of carbonyl (C=O) groups is 1. The molecule has 8 heteroatoms. The highest BCUT2D eigenvalue weighted by Gasteiger charge is 2.35. The topological polar surface area (TPSA) is 51.8 Å². The third kappa shape index (κ3) is 5.15. The van der Waals surface area contributed by atoms with E-state index in [0.29, 0.717) is 29.7 Å². The summed E-state index contributed by atoms with van der Waals surface area (Å²) < 4.78 is 8.05. The van der Waals surface area contributed by atoms with E-state index >= 15 is 0 Å². The van der Waals surface area contributed by atoms with Gasteiger partial charge in [0, 0.05) is 18.0 Å². The maximum atomic E-state index is 12.3. The largest absolute Gasteiger partial charge is 0.494 e. The molecule has 1 aliphatic rings. The monoisotopic (exact) mass is 407 g/mol. The molecule has 1 unspecified atom stereocenters. The van der Waals surface area contributed by atoms with Crippen LogP contribution in [0.2, 0.25) is 0 Å². The lowest BCUT2D eigenvalue weighted by atomic mass is 10.2. The number of rotatable bonds is 9. The number of nitrogens with one attached hydrogen (secondary N) is 1. The number of quaternary nitrogens is 1. The molecule has 1 fully saturated rings. The standard InChI is InChI=1S/C19H26N4O2S2/c1-4-17(24)23(15-8-9-15)18-20-22(19(26)27-18)13-21(3)12-14-6-10-16(11-7-14)25-5-2/h6-7,10-11,15H,4-5,8-9,12-13H2,1-3H3/p+1. The zero-order valence-electron chi connectivity index (χ0n) is 16.1. The first-order chi connectivity index (χ1) is 13.0. The molecule has 1 aliphatic carbocycles. The fourth-order valence-electron chi connectivity index (χ4n) is 2.99. The van der Waals surface area contributed by atoms with Gasteiger partial charge in [-0.25, -0.2) is 0 Å². The maximum absolute atomic E-state index is 12.3. The van der Waals surface area contributed by atoms with Crippen molar-refractivity contribution in [2.75, 3.05) is 18.6 Å². The summed E-state index contributed by atoms with van der Waals surface area (Å²) in [6, 6.07) is 8.50. The number of nitrogens with zero attached hydrogens (tertiary/aromatic N) is 3. The van der Waals surface area contributed by atoms with Crippen molar-refractivity contribution in [3.63, 3.8) is 0 Å². The number of anilines is 1. The zero-order chi connectivity index (χ0) is 19.4. The summed E-state index contributed by atoms with van der Waals surface area (Å²) in [5, 5.41) is 5.39. The third-order valence-corrected chi connectivity index (χ3v) is 5.75. The van der Waals surface area contributed by atoms with E-state index in [-0.39, 0.29) is 5.91 Å². The van der Waals surface area contributed by atoms with Gasteiger partial charge < -0.3 is 9.64 Å². The summed E-state index contributed by atoms with van der Waals surface area (Å²) in [5.74, 6) is 1.02. The molecule has 1 N–H and O–H groups in total. The first-order valence-electron chi connectivity index (χ1n) is 9.44. The lowest BCUT2D eigenvalue weighted by Crippen LogP contribution is -3.07. The second-order valence-electron chi connectivity index (χ2n) is 6.87. The van der Waals surface area contributed by atoms with Crippen LogP contribution in [0.5, 0.6) is 5.75 Å². The van der Waals surface area contributed by atoms with Crippen LogP contribution >= 0.6 is 23.6 Å². The Morgan fingerprint density at radius 3 is 2.67 bits per heavy atom. The predicted octanol–water partition coefficient (Wildman–Crippen LogP) is 2.65. The SMILES string of the molecule is CCOc1ccc(C[NH+](C)Cn2nc(N(C(=O)CC)C3CC3)sc2=S)cc1. The van der Waals surface area contributed by atoms with Gasteiger partial charge in [0.1, 0.15) is 12.3 Å². The van der Waals surface area contributed by atoms with Gasteiger partial charge in [-0.1, -0.05) is 18.3 Å². The molecular weight excluding hydrogens is 380 g/mol. The normalized spacial score (nSPS) is 14.8. The Hall–Kier alpha value is -1.77. The predicted molar refractivity (Wildman–Crippen MR) is 110 cm³/mol. The minimum Gasteiger partial charge on any atom is -0.494 e. The van der Waals surface area contributed by atoms with Crippen molar-refractivity contribution in [3.05, 3.63) is 33.8 Å². The Balaban J connectivity index is 1.65. The van der Waals surface area contributed by atoms with Gasteiger partial charge in [-0.2, -0.15) is 4.68 Å². The Morgan fingerprint density at radius 2 is 2.07 bits per heavy atom. The van der Waals surface area contributed by atoms with Gasteiger partial charge in [0.15, 0.2) is 10.6 Å². The van der Waals surface area contributed by atoms with Gasteiger partial charge >= 0.3 is 0 Å². The number of amides is 1. The molecule has 0 radical (unpaired) electrons. The van der Waals surface area contributed by atoms with Gasteiger partial charge in [0.2, 0.25) is 11.0 Å². The maximum Gasteiger partial charge on any atom is 0.228 e. The molecule has 1 aromatic heterocycles. The summed E-state index contributed by atoms with van der Waals surface area (Å²) in [7, 11) is 2.12. The minimum absolute atomic E-state index is 0.128. The van der Waals surface area contributed by atoms with Crippen molar-refractivity contribution in [1.82, 2.24) is 9.78 Å². The molecule has 3 rings (SSSR count). The summed E-state index contributed by atoms with van der Waals surface area (Å²) in [6.45, 7) is 6.08. The molecule has 1 aromatic carbocycles. The second-order valence-corrected chi connectivity index (χ2v) is 8.47. The molecule has 0 spiro atoms. The molecule has 0 saturated heterocycles. The average Bonchev–Trinajstić information content (AvgIpc) is 3.41. The first-order valence-corrected chi connectivity index (χ1v) is 10.7. The van der Waals surface area contributed by atoms with E-state index in [9.17, 15) is 4.79 Å². The van der Waals surface area contributed by atoms with Crippen molar-refractivity contribution in [1.29, 1.82) is 0 Å². The Morgan fingerprint density at radius 1 is 1.37 bits per heavy atom. The van der Waals surface area contributed by atoms with E-state index in [1.807, 2.05) is 35.6 Å². The van der Waals surface area contributed by atoms with Gasteiger partial charge in [-0.15, -0.1) is 5.10 Å². The van der Waals surface area contributed by atoms with Crippen molar-refractivity contribution in [3.8, 4) is 5.75 Å². The van der Waals surface area contributed by atoms with E-state index in [4.69, 9.17) is 17.0 Å². The lowest BCUT2D eigenvalue weighted by molar-refractivity contribution is -0.917. The van der Waals surface area contributed by atoms with E-state index in [2.05, 4.69) is 24.3 Å². The van der Waals surface area contributed by atoms with Crippen LogP contribution in [-0.4, -0.2) is 35.4 Å². The molecule has 1 saturated carbocycles. The van der Waals surface area contributed by atoms with Crippen LogP contribution in [0.15, 0.2) is 24.3 Å². The van der Waals surface area contributed by atoms with Gasteiger partial charge in [0.05, 0.1) is 13.7 Å². The van der Waals surface area contributed by atoms with Crippen LogP contribution < -0.4 is 14.5 Å². The number of carbonyl (C=O) groups excluding carboxylic acids is 1. The lowest BCUT2D eigenvalue weighted by Gasteiger charge is -2.18. The quantitative estimate of drug-likeness (QED) is 0.650. The zero-order valence-corrected chi connectivity index (χ0v) is 17.7. The Bertz CT molecular complexity index is 827. The van der Waals surface area contributed by atoms with Crippen molar-refractivity contribution in [2.24, 2.45) is 0 Å². The summed E-state index contributed by atoms with van der Waals surface area (Å²) in [5.41, 5.74) is 1.23. The van der Waals surface area contributed by atoms with Gasteiger partial charge in [-0.05, 0) is 56.2 Å². The number of aromatic nitrogens is 2. The molecule has 0 bridgehead atoms. The number of hydrogen-bond donors (Lipinski definition) is 1.